The maximum absolute atomic E-state index is 8.85. The van der Waals surface area contributed by atoms with Gasteiger partial charge in [0.05, 0.1) is 10.7 Å². The Labute approximate surface area is 129 Å². The molecule has 0 unspecified atom stereocenters. The average molecular weight is 356 g/mol. The molecular formula is C13H12BrClN4O. The minimum atomic E-state index is 0.0284. The van der Waals surface area contributed by atoms with E-state index in [1.165, 1.54) is 0 Å². The SMILES string of the molecule is CN(c1ccccc1/C(N)=N/O)c1ncc(Br)cc1Cl. The van der Waals surface area contributed by atoms with Crippen molar-refractivity contribution < 1.29 is 5.21 Å². The molecule has 104 valence electrons. The molecule has 0 amide bonds. The first kappa shape index (κ1) is 14.6. The molecule has 0 spiro atoms. The molecule has 0 aliphatic rings. The van der Waals surface area contributed by atoms with Crippen molar-refractivity contribution in [3.05, 3.63) is 51.6 Å². The number of benzene rings is 1. The van der Waals surface area contributed by atoms with Crippen LogP contribution in [0.1, 0.15) is 5.56 Å². The van der Waals surface area contributed by atoms with Crippen LogP contribution >= 0.6 is 27.5 Å². The van der Waals surface area contributed by atoms with E-state index in [2.05, 4.69) is 26.1 Å². The number of anilines is 2. The summed E-state index contributed by atoms with van der Waals surface area (Å²) >= 11 is 9.51. The van der Waals surface area contributed by atoms with Crippen molar-refractivity contribution in [3.63, 3.8) is 0 Å². The molecule has 3 N–H and O–H groups in total. The summed E-state index contributed by atoms with van der Waals surface area (Å²) in [5.74, 6) is 0.605. The summed E-state index contributed by atoms with van der Waals surface area (Å²) in [6, 6.07) is 9.02. The summed E-state index contributed by atoms with van der Waals surface area (Å²) in [5, 5.41) is 12.4. The number of hydrogen-bond acceptors (Lipinski definition) is 4. The number of amidine groups is 1. The lowest BCUT2D eigenvalue weighted by Crippen LogP contribution is -2.20. The molecule has 0 saturated heterocycles. The number of hydrogen-bond donors (Lipinski definition) is 2. The van der Waals surface area contributed by atoms with Gasteiger partial charge < -0.3 is 15.8 Å². The molecule has 20 heavy (non-hydrogen) atoms. The highest BCUT2D eigenvalue weighted by molar-refractivity contribution is 9.10. The van der Waals surface area contributed by atoms with Gasteiger partial charge in [-0.1, -0.05) is 28.9 Å². The van der Waals surface area contributed by atoms with Crippen LogP contribution in [0, 0.1) is 0 Å². The highest BCUT2D eigenvalue weighted by atomic mass is 79.9. The van der Waals surface area contributed by atoms with Crippen LogP contribution in [0.25, 0.3) is 0 Å². The molecule has 2 aromatic rings. The van der Waals surface area contributed by atoms with Gasteiger partial charge in [0, 0.05) is 23.3 Å². The molecule has 0 radical (unpaired) electrons. The smallest absolute Gasteiger partial charge is 0.172 e. The van der Waals surface area contributed by atoms with E-state index in [0.717, 1.165) is 10.2 Å². The van der Waals surface area contributed by atoms with E-state index in [1.807, 2.05) is 19.2 Å². The normalized spacial score (nSPS) is 11.4. The maximum Gasteiger partial charge on any atom is 0.172 e. The Morgan fingerprint density at radius 2 is 2.15 bits per heavy atom. The summed E-state index contributed by atoms with van der Waals surface area (Å²) in [5.41, 5.74) is 7.02. The van der Waals surface area contributed by atoms with Crippen LogP contribution in [0.5, 0.6) is 0 Å². The monoisotopic (exact) mass is 354 g/mol. The number of para-hydroxylation sites is 1. The van der Waals surface area contributed by atoms with Crippen molar-refractivity contribution in [3.8, 4) is 0 Å². The van der Waals surface area contributed by atoms with Crippen molar-refractivity contribution >= 4 is 44.9 Å². The Kier molecular flexibility index (Phi) is 4.46. The first-order valence-corrected chi connectivity index (χ1v) is 6.83. The molecule has 0 aliphatic carbocycles. The second kappa shape index (κ2) is 6.11. The van der Waals surface area contributed by atoms with E-state index in [9.17, 15) is 0 Å². The highest BCUT2D eigenvalue weighted by Crippen LogP contribution is 2.32. The van der Waals surface area contributed by atoms with E-state index in [-0.39, 0.29) is 5.84 Å². The van der Waals surface area contributed by atoms with Crippen LogP contribution in [0.15, 0.2) is 46.2 Å². The van der Waals surface area contributed by atoms with Crippen LogP contribution in [0.2, 0.25) is 5.02 Å². The summed E-state index contributed by atoms with van der Waals surface area (Å²) < 4.78 is 0.796. The predicted molar refractivity (Wildman–Crippen MR) is 84.0 cm³/mol. The molecular weight excluding hydrogens is 344 g/mol. The van der Waals surface area contributed by atoms with E-state index in [0.29, 0.717) is 16.4 Å². The predicted octanol–water partition coefficient (Wildman–Crippen LogP) is 3.36. The van der Waals surface area contributed by atoms with Crippen molar-refractivity contribution in [2.45, 2.75) is 0 Å². The fraction of sp³-hybridized carbons (Fsp3) is 0.0769. The zero-order chi connectivity index (χ0) is 14.7. The van der Waals surface area contributed by atoms with Crippen LogP contribution in [0.3, 0.4) is 0 Å². The lowest BCUT2D eigenvalue weighted by atomic mass is 10.1. The van der Waals surface area contributed by atoms with E-state index in [1.54, 1.807) is 29.3 Å². The van der Waals surface area contributed by atoms with Crippen molar-refractivity contribution in [2.75, 3.05) is 11.9 Å². The Hall–Kier alpha value is -1.79. The largest absolute Gasteiger partial charge is 0.409 e. The molecule has 1 heterocycles. The van der Waals surface area contributed by atoms with Crippen LogP contribution < -0.4 is 10.6 Å². The van der Waals surface area contributed by atoms with Gasteiger partial charge in [0.15, 0.2) is 11.7 Å². The Morgan fingerprint density at radius 1 is 1.45 bits per heavy atom. The van der Waals surface area contributed by atoms with Gasteiger partial charge in [-0.05, 0) is 34.1 Å². The average Bonchev–Trinajstić information content (AvgIpc) is 2.46. The maximum atomic E-state index is 8.85. The molecule has 0 fully saturated rings. The fourth-order valence-corrected chi connectivity index (χ4v) is 2.56. The van der Waals surface area contributed by atoms with E-state index < -0.39 is 0 Å². The molecule has 1 aromatic heterocycles. The zero-order valence-electron chi connectivity index (χ0n) is 10.6. The zero-order valence-corrected chi connectivity index (χ0v) is 12.9. The third-order valence-corrected chi connectivity index (χ3v) is 3.47. The molecule has 7 heteroatoms. The van der Waals surface area contributed by atoms with Gasteiger partial charge >= 0.3 is 0 Å². The van der Waals surface area contributed by atoms with Crippen molar-refractivity contribution in [1.29, 1.82) is 0 Å². The molecule has 1 aromatic carbocycles. The number of oxime groups is 1. The number of halogens is 2. The molecule has 0 atom stereocenters. The quantitative estimate of drug-likeness (QED) is 0.383. The summed E-state index contributed by atoms with van der Waals surface area (Å²) in [6.45, 7) is 0. The van der Waals surface area contributed by atoms with Gasteiger partial charge in [0.1, 0.15) is 0 Å². The van der Waals surface area contributed by atoms with E-state index in [4.69, 9.17) is 22.5 Å². The molecule has 5 nitrogen and oxygen atoms in total. The summed E-state index contributed by atoms with van der Waals surface area (Å²) in [7, 11) is 1.81. The molecule has 2 rings (SSSR count). The van der Waals surface area contributed by atoms with Crippen LogP contribution in [0.4, 0.5) is 11.5 Å². The highest BCUT2D eigenvalue weighted by Gasteiger charge is 2.15. The van der Waals surface area contributed by atoms with Crippen molar-refractivity contribution in [1.82, 2.24) is 4.98 Å². The first-order chi connectivity index (χ1) is 9.54. The minimum Gasteiger partial charge on any atom is -0.409 e. The number of aromatic nitrogens is 1. The van der Waals surface area contributed by atoms with Crippen LogP contribution in [-0.4, -0.2) is 23.1 Å². The third kappa shape index (κ3) is 2.86. The molecule has 0 aliphatic heterocycles. The van der Waals surface area contributed by atoms with Crippen LogP contribution in [-0.2, 0) is 0 Å². The standard InChI is InChI=1S/C13H12BrClN4O/c1-19(13-10(15)6-8(14)7-17-13)11-5-3-2-4-9(11)12(16)18-20/h2-7,20H,1H3,(H2,16,18). The lowest BCUT2D eigenvalue weighted by Gasteiger charge is -2.22. The van der Waals surface area contributed by atoms with E-state index >= 15 is 0 Å². The Bertz CT molecular complexity index is 663. The van der Waals surface area contributed by atoms with Gasteiger partial charge in [-0.25, -0.2) is 4.98 Å². The number of nitrogens with zero attached hydrogens (tertiary/aromatic N) is 3. The van der Waals surface area contributed by atoms with Gasteiger partial charge in [-0.3, -0.25) is 0 Å². The van der Waals surface area contributed by atoms with Gasteiger partial charge in [0.2, 0.25) is 0 Å². The number of pyridine rings is 1. The minimum absolute atomic E-state index is 0.0284. The first-order valence-electron chi connectivity index (χ1n) is 5.66. The summed E-state index contributed by atoms with van der Waals surface area (Å²) in [6.07, 6.45) is 1.66. The van der Waals surface area contributed by atoms with Gasteiger partial charge in [-0.2, -0.15) is 0 Å². The topological polar surface area (TPSA) is 74.7 Å². The Morgan fingerprint density at radius 3 is 2.80 bits per heavy atom. The molecule has 0 saturated carbocycles. The second-order valence-corrected chi connectivity index (χ2v) is 5.34. The van der Waals surface area contributed by atoms with Gasteiger partial charge in [0.25, 0.3) is 0 Å². The third-order valence-electron chi connectivity index (χ3n) is 2.76. The number of rotatable bonds is 3. The second-order valence-electron chi connectivity index (χ2n) is 4.02. The number of nitrogens with two attached hydrogens (primary N) is 1. The lowest BCUT2D eigenvalue weighted by molar-refractivity contribution is 0.318. The molecule has 0 bridgehead atoms. The summed E-state index contributed by atoms with van der Waals surface area (Å²) in [4.78, 5) is 6.06. The Balaban J connectivity index is 2.51. The fourth-order valence-electron chi connectivity index (χ4n) is 1.80. The van der Waals surface area contributed by atoms with Crippen molar-refractivity contribution in [2.24, 2.45) is 10.9 Å². The van der Waals surface area contributed by atoms with Gasteiger partial charge in [-0.15, -0.1) is 0 Å².